The van der Waals surface area contributed by atoms with Gasteiger partial charge in [-0.1, -0.05) is 13.8 Å². The molecule has 0 aromatic carbocycles. The van der Waals surface area contributed by atoms with Gasteiger partial charge in [0.05, 0.1) is 11.7 Å². The molecule has 2 heterocycles. The monoisotopic (exact) mass is 272 g/mol. The van der Waals surface area contributed by atoms with Crippen LogP contribution in [0.5, 0.6) is 0 Å². The highest BCUT2D eigenvalue weighted by Gasteiger charge is 2.09. The number of hydrogen-bond acceptors (Lipinski definition) is 3. The zero-order chi connectivity index (χ0) is 14.4. The van der Waals surface area contributed by atoms with Gasteiger partial charge in [-0.3, -0.25) is 9.67 Å². The van der Waals surface area contributed by atoms with Crippen molar-refractivity contribution in [2.24, 2.45) is 0 Å². The Balaban J connectivity index is 1.91. The van der Waals surface area contributed by atoms with Crippen molar-refractivity contribution in [1.82, 2.24) is 20.1 Å². The molecule has 0 radical (unpaired) electrons. The lowest BCUT2D eigenvalue weighted by molar-refractivity contribution is 0.423. The molecule has 0 unspecified atom stereocenters. The van der Waals surface area contributed by atoms with E-state index < -0.39 is 0 Å². The molecule has 0 saturated heterocycles. The van der Waals surface area contributed by atoms with Crippen LogP contribution < -0.4 is 5.32 Å². The number of nitrogens with one attached hydrogen (secondary N) is 1. The molecule has 0 saturated carbocycles. The van der Waals surface area contributed by atoms with Gasteiger partial charge in [0.2, 0.25) is 0 Å². The Morgan fingerprint density at radius 1 is 1.15 bits per heavy atom. The predicted octanol–water partition coefficient (Wildman–Crippen LogP) is 3.49. The summed E-state index contributed by atoms with van der Waals surface area (Å²) in [6.07, 6.45) is 7.99. The first-order valence-electron chi connectivity index (χ1n) is 7.41. The van der Waals surface area contributed by atoms with Crippen molar-refractivity contribution >= 4 is 0 Å². The number of nitrogens with zero attached hydrogens (tertiary/aromatic N) is 3. The van der Waals surface area contributed by atoms with Gasteiger partial charge in [0.25, 0.3) is 0 Å². The Hall–Kier alpha value is -1.68. The van der Waals surface area contributed by atoms with Crippen LogP contribution in [-0.4, -0.2) is 14.8 Å². The summed E-state index contributed by atoms with van der Waals surface area (Å²) in [5.74, 6) is 0. The number of rotatable bonds is 7. The van der Waals surface area contributed by atoms with Crippen molar-refractivity contribution in [3.8, 4) is 0 Å². The molecule has 1 N–H and O–H groups in total. The Morgan fingerprint density at radius 2 is 1.85 bits per heavy atom. The smallest absolute Gasteiger partial charge is 0.0762 e. The summed E-state index contributed by atoms with van der Waals surface area (Å²) in [7, 11) is 0. The molecule has 0 spiro atoms. The van der Waals surface area contributed by atoms with E-state index in [1.165, 1.54) is 5.56 Å². The van der Waals surface area contributed by atoms with Gasteiger partial charge in [0, 0.05) is 31.2 Å². The van der Waals surface area contributed by atoms with Gasteiger partial charge in [-0.25, -0.2) is 0 Å². The Bertz CT molecular complexity index is 502. The lowest BCUT2D eigenvalue weighted by Gasteiger charge is -2.14. The first-order valence-corrected chi connectivity index (χ1v) is 7.41. The van der Waals surface area contributed by atoms with Crippen molar-refractivity contribution in [2.45, 2.75) is 52.2 Å². The molecule has 0 bridgehead atoms. The van der Waals surface area contributed by atoms with Gasteiger partial charge in [-0.15, -0.1) is 0 Å². The first-order chi connectivity index (χ1) is 9.74. The van der Waals surface area contributed by atoms with E-state index in [4.69, 9.17) is 0 Å². The van der Waals surface area contributed by atoms with E-state index in [1.807, 2.05) is 24.5 Å². The average Bonchev–Trinajstić information content (AvgIpc) is 2.96. The summed E-state index contributed by atoms with van der Waals surface area (Å²) >= 11 is 0. The SMILES string of the molecule is CCC(CC)n1ccc(CN[C@H](C)c2ccncc2)n1. The number of pyridine rings is 1. The third-order valence-corrected chi connectivity index (χ3v) is 3.78. The molecule has 4 heteroatoms. The van der Waals surface area contributed by atoms with E-state index in [9.17, 15) is 0 Å². The first kappa shape index (κ1) is 14.7. The summed E-state index contributed by atoms with van der Waals surface area (Å²) in [5.41, 5.74) is 2.34. The quantitative estimate of drug-likeness (QED) is 0.839. The number of hydrogen-bond donors (Lipinski definition) is 1. The maximum Gasteiger partial charge on any atom is 0.0762 e. The van der Waals surface area contributed by atoms with E-state index >= 15 is 0 Å². The third-order valence-electron chi connectivity index (χ3n) is 3.78. The molecule has 0 amide bonds. The third kappa shape index (κ3) is 3.67. The molecule has 0 fully saturated rings. The minimum atomic E-state index is 0.302. The van der Waals surface area contributed by atoms with Gasteiger partial charge < -0.3 is 5.32 Å². The van der Waals surface area contributed by atoms with Crippen LogP contribution in [-0.2, 0) is 6.54 Å². The Morgan fingerprint density at radius 3 is 2.50 bits per heavy atom. The van der Waals surface area contributed by atoms with E-state index in [-0.39, 0.29) is 0 Å². The molecular weight excluding hydrogens is 248 g/mol. The van der Waals surface area contributed by atoms with Gasteiger partial charge in [-0.05, 0) is 43.5 Å². The van der Waals surface area contributed by atoms with E-state index in [2.05, 4.69) is 53.1 Å². The summed E-state index contributed by atoms with van der Waals surface area (Å²) in [6, 6.07) is 7.00. The van der Waals surface area contributed by atoms with Crippen LogP contribution in [0.4, 0.5) is 0 Å². The predicted molar refractivity (Wildman–Crippen MR) is 81.3 cm³/mol. The molecule has 0 aliphatic rings. The standard InChI is InChI=1S/C16H24N4/c1-4-16(5-2)20-11-8-15(19-20)12-18-13(3)14-6-9-17-10-7-14/h6-11,13,16,18H,4-5,12H2,1-3H3/t13-/m1/s1. The lowest BCUT2D eigenvalue weighted by atomic mass is 10.1. The fourth-order valence-electron chi connectivity index (χ4n) is 2.37. The summed E-state index contributed by atoms with van der Waals surface area (Å²) in [5, 5.41) is 8.16. The van der Waals surface area contributed by atoms with Gasteiger partial charge in [-0.2, -0.15) is 5.10 Å². The Kier molecular flexibility index (Phi) is 5.30. The van der Waals surface area contributed by atoms with Crippen LogP contribution in [0.15, 0.2) is 36.8 Å². The molecular formula is C16H24N4. The van der Waals surface area contributed by atoms with E-state index in [1.54, 1.807) is 0 Å². The average molecular weight is 272 g/mol. The van der Waals surface area contributed by atoms with Crippen LogP contribution in [0, 0.1) is 0 Å². The molecule has 108 valence electrons. The molecule has 0 aliphatic heterocycles. The van der Waals surface area contributed by atoms with Gasteiger partial charge >= 0.3 is 0 Å². The van der Waals surface area contributed by atoms with Crippen molar-refractivity contribution in [1.29, 1.82) is 0 Å². The fraction of sp³-hybridized carbons (Fsp3) is 0.500. The Labute approximate surface area is 121 Å². The highest BCUT2D eigenvalue weighted by Crippen LogP contribution is 2.15. The van der Waals surface area contributed by atoms with E-state index in [0.717, 1.165) is 25.1 Å². The van der Waals surface area contributed by atoms with Crippen molar-refractivity contribution in [3.05, 3.63) is 48.0 Å². The van der Waals surface area contributed by atoms with Crippen molar-refractivity contribution in [3.63, 3.8) is 0 Å². The van der Waals surface area contributed by atoms with Crippen LogP contribution in [0.2, 0.25) is 0 Å². The molecule has 20 heavy (non-hydrogen) atoms. The molecule has 2 aromatic rings. The molecule has 0 aliphatic carbocycles. The molecule has 2 rings (SSSR count). The maximum atomic E-state index is 4.66. The molecule has 2 aromatic heterocycles. The zero-order valence-electron chi connectivity index (χ0n) is 12.6. The fourth-order valence-corrected chi connectivity index (χ4v) is 2.37. The van der Waals surface area contributed by atoms with Crippen LogP contribution in [0.25, 0.3) is 0 Å². The minimum absolute atomic E-state index is 0.302. The maximum absolute atomic E-state index is 4.66. The number of aromatic nitrogens is 3. The lowest BCUT2D eigenvalue weighted by Crippen LogP contribution is -2.18. The highest BCUT2D eigenvalue weighted by atomic mass is 15.3. The summed E-state index contributed by atoms with van der Waals surface area (Å²) < 4.78 is 2.09. The van der Waals surface area contributed by atoms with Crippen LogP contribution in [0.1, 0.15) is 57.0 Å². The molecule has 4 nitrogen and oxygen atoms in total. The summed E-state index contributed by atoms with van der Waals surface area (Å²) in [6.45, 7) is 7.36. The van der Waals surface area contributed by atoms with Gasteiger partial charge in [0.1, 0.15) is 0 Å². The zero-order valence-corrected chi connectivity index (χ0v) is 12.6. The normalized spacial score (nSPS) is 12.8. The topological polar surface area (TPSA) is 42.7 Å². The van der Waals surface area contributed by atoms with Crippen molar-refractivity contribution < 1.29 is 0 Å². The summed E-state index contributed by atoms with van der Waals surface area (Å²) in [4.78, 5) is 4.04. The van der Waals surface area contributed by atoms with Gasteiger partial charge in [0.15, 0.2) is 0 Å². The second-order valence-electron chi connectivity index (χ2n) is 5.14. The second-order valence-corrected chi connectivity index (χ2v) is 5.14. The minimum Gasteiger partial charge on any atom is -0.304 e. The second kappa shape index (κ2) is 7.20. The molecule has 1 atom stereocenters. The van der Waals surface area contributed by atoms with Crippen LogP contribution in [0.3, 0.4) is 0 Å². The van der Waals surface area contributed by atoms with Crippen molar-refractivity contribution in [2.75, 3.05) is 0 Å². The van der Waals surface area contributed by atoms with Crippen LogP contribution >= 0.6 is 0 Å². The highest BCUT2D eigenvalue weighted by molar-refractivity contribution is 5.14. The van der Waals surface area contributed by atoms with E-state index in [0.29, 0.717) is 12.1 Å². The largest absolute Gasteiger partial charge is 0.304 e.